The van der Waals surface area contributed by atoms with Gasteiger partial charge in [-0.25, -0.2) is 17.5 Å². The number of sulfonamides is 1. The van der Waals surface area contributed by atoms with Crippen LogP contribution in [-0.2, 0) is 14.8 Å². The molecule has 1 heterocycles. The average molecular weight is 316 g/mol. The smallest absolute Gasteiger partial charge is 0.240 e. The molecule has 0 spiro atoms. The van der Waals surface area contributed by atoms with E-state index >= 15 is 0 Å². The van der Waals surface area contributed by atoms with E-state index in [1.54, 1.807) is 6.92 Å². The van der Waals surface area contributed by atoms with E-state index in [-0.39, 0.29) is 17.5 Å². The van der Waals surface area contributed by atoms with Gasteiger partial charge in [0.2, 0.25) is 10.0 Å². The second-order valence-corrected chi connectivity index (χ2v) is 7.03. The van der Waals surface area contributed by atoms with E-state index in [4.69, 9.17) is 4.74 Å². The van der Waals surface area contributed by atoms with Crippen molar-refractivity contribution in [2.75, 3.05) is 32.8 Å². The highest BCUT2D eigenvalue weighted by atomic mass is 32.2. The molecule has 7 heteroatoms. The third-order valence-corrected chi connectivity index (χ3v) is 5.11. The normalized spacial score (nSPS) is 18.6. The molecule has 0 radical (unpaired) electrons. The van der Waals surface area contributed by atoms with E-state index in [1.807, 2.05) is 6.92 Å². The minimum absolute atomic E-state index is 0.0419. The lowest BCUT2D eigenvalue weighted by molar-refractivity contribution is 0.0213. The van der Waals surface area contributed by atoms with Crippen LogP contribution in [0, 0.1) is 12.7 Å². The number of nitrogens with zero attached hydrogens (tertiary/aromatic N) is 1. The van der Waals surface area contributed by atoms with Crippen molar-refractivity contribution in [3.8, 4) is 0 Å². The molecule has 21 heavy (non-hydrogen) atoms. The Kier molecular flexibility index (Phi) is 5.32. The minimum atomic E-state index is -3.68. The SMILES string of the molecule is Cc1ccc(S(=O)(=O)NC[C@@H](C)N2CCOCC2)cc1F. The molecule has 0 unspecified atom stereocenters. The number of aryl methyl sites for hydroxylation is 1. The highest BCUT2D eigenvalue weighted by Crippen LogP contribution is 2.14. The van der Waals surface area contributed by atoms with Crippen molar-refractivity contribution in [1.82, 2.24) is 9.62 Å². The van der Waals surface area contributed by atoms with Crippen molar-refractivity contribution in [2.24, 2.45) is 0 Å². The number of benzene rings is 1. The third kappa shape index (κ3) is 4.23. The summed E-state index contributed by atoms with van der Waals surface area (Å²) in [4.78, 5) is 2.13. The zero-order chi connectivity index (χ0) is 15.5. The van der Waals surface area contributed by atoms with Crippen LogP contribution in [-0.4, -0.2) is 52.2 Å². The molecular formula is C14H21FN2O3S. The Labute approximate surface area is 125 Å². The summed E-state index contributed by atoms with van der Waals surface area (Å²) in [7, 11) is -3.68. The van der Waals surface area contributed by atoms with Gasteiger partial charge < -0.3 is 4.74 Å². The molecule has 118 valence electrons. The van der Waals surface area contributed by atoms with Crippen molar-refractivity contribution in [1.29, 1.82) is 0 Å². The van der Waals surface area contributed by atoms with Crippen molar-refractivity contribution in [3.05, 3.63) is 29.6 Å². The number of nitrogens with one attached hydrogen (secondary N) is 1. The molecule has 0 amide bonds. The Hall–Kier alpha value is -1.02. The molecule has 0 aliphatic carbocycles. The van der Waals surface area contributed by atoms with Gasteiger partial charge in [-0.3, -0.25) is 4.90 Å². The molecule has 1 saturated heterocycles. The molecule has 2 rings (SSSR count). The van der Waals surface area contributed by atoms with E-state index in [9.17, 15) is 12.8 Å². The number of rotatable bonds is 5. The Morgan fingerprint density at radius 3 is 2.67 bits per heavy atom. The zero-order valence-electron chi connectivity index (χ0n) is 12.3. The Morgan fingerprint density at radius 2 is 2.05 bits per heavy atom. The lowest BCUT2D eigenvalue weighted by atomic mass is 10.2. The summed E-state index contributed by atoms with van der Waals surface area (Å²) in [5, 5.41) is 0. The summed E-state index contributed by atoms with van der Waals surface area (Å²) in [5.74, 6) is -0.515. The Bertz CT molecular complexity index is 586. The molecule has 1 aliphatic heterocycles. The maximum atomic E-state index is 13.5. The molecule has 1 fully saturated rings. The van der Waals surface area contributed by atoms with E-state index < -0.39 is 15.8 Å². The van der Waals surface area contributed by atoms with Crippen molar-refractivity contribution in [3.63, 3.8) is 0 Å². The summed E-state index contributed by atoms with van der Waals surface area (Å²) in [6.45, 7) is 6.77. The van der Waals surface area contributed by atoms with E-state index in [2.05, 4.69) is 9.62 Å². The molecule has 1 N–H and O–H groups in total. The van der Waals surface area contributed by atoms with Crippen LogP contribution in [0.1, 0.15) is 12.5 Å². The van der Waals surface area contributed by atoms with E-state index in [0.29, 0.717) is 18.8 Å². The monoisotopic (exact) mass is 316 g/mol. The van der Waals surface area contributed by atoms with Crippen LogP contribution >= 0.6 is 0 Å². The van der Waals surface area contributed by atoms with Gasteiger partial charge >= 0.3 is 0 Å². The van der Waals surface area contributed by atoms with Crippen molar-refractivity contribution < 1.29 is 17.5 Å². The summed E-state index contributed by atoms with van der Waals surface area (Å²) in [6.07, 6.45) is 0. The summed E-state index contributed by atoms with van der Waals surface area (Å²) in [5.41, 5.74) is 0.427. The van der Waals surface area contributed by atoms with Crippen LogP contribution in [0.15, 0.2) is 23.1 Å². The van der Waals surface area contributed by atoms with Gasteiger partial charge in [-0.1, -0.05) is 6.07 Å². The van der Waals surface area contributed by atoms with E-state index in [1.165, 1.54) is 12.1 Å². The van der Waals surface area contributed by atoms with Crippen LogP contribution < -0.4 is 4.72 Å². The van der Waals surface area contributed by atoms with Crippen LogP contribution in [0.3, 0.4) is 0 Å². The molecule has 1 aliphatic rings. The Balaban J connectivity index is 1.98. The quantitative estimate of drug-likeness (QED) is 0.885. The fraction of sp³-hybridized carbons (Fsp3) is 0.571. The number of halogens is 1. The largest absolute Gasteiger partial charge is 0.379 e. The maximum absolute atomic E-state index is 13.5. The van der Waals surface area contributed by atoms with Gasteiger partial charge in [0.15, 0.2) is 0 Å². The third-order valence-electron chi connectivity index (χ3n) is 3.69. The first-order valence-electron chi connectivity index (χ1n) is 6.98. The first-order valence-corrected chi connectivity index (χ1v) is 8.46. The molecule has 0 aromatic heterocycles. The molecule has 1 aromatic carbocycles. The lowest BCUT2D eigenvalue weighted by Crippen LogP contribution is -2.47. The van der Waals surface area contributed by atoms with Crippen molar-refractivity contribution in [2.45, 2.75) is 24.8 Å². The van der Waals surface area contributed by atoms with Gasteiger partial charge in [-0.15, -0.1) is 0 Å². The average Bonchev–Trinajstić information content (AvgIpc) is 2.48. The van der Waals surface area contributed by atoms with Gasteiger partial charge in [-0.2, -0.15) is 0 Å². The fourth-order valence-electron chi connectivity index (χ4n) is 2.20. The molecule has 0 saturated carbocycles. The van der Waals surface area contributed by atoms with Gasteiger partial charge in [0.1, 0.15) is 5.82 Å². The van der Waals surface area contributed by atoms with Crippen LogP contribution in [0.5, 0.6) is 0 Å². The summed E-state index contributed by atoms with van der Waals surface area (Å²) < 4.78 is 45.6. The highest BCUT2D eigenvalue weighted by Gasteiger charge is 2.20. The fourth-order valence-corrected chi connectivity index (χ4v) is 3.33. The van der Waals surface area contributed by atoms with Crippen LogP contribution in [0.4, 0.5) is 4.39 Å². The molecule has 1 aromatic rings. The predicted octanol–water partition coefficient (Wildman–Crippen LogP) is 1.13. The second kappa shape index (κ2) is 6.83. The topological polar surface area (TPSA) is 58.6 Å². The van der Waals surface area contributed by atoms with Gasteiger partial charge in [0.25, 0.3) is 0 Å². The van der Waals surface area contributed by atoms with Gasteiger partial charge in [-0.05, 0) is 31.5 Å². The van der Waals surface area contributed by atoms with Gasteiger partial charge in [0, 0.05) is 25.7 Å². The minimum Gasteiger partial charge on any atom is -0.379 e. The van der Waals surface area contributed by atoms with Crippen LogP contribution in [0.2, 0.25) is 0 Å². The van der Waals surface area contributed by atoms with Gasteiger partial charge in [0.05, 0.1) is 18.1 Å². The number of hydrogen-bond acceptors (Lipinski definition) is 4. The first kappa shape index (κ1) is 16.4. The molecule has 1 atom stereocenters. The maximum Gasteiger partial charge on any atom is 0.240 e. The zero-order valence-corrected chi connectivity index (χ0v) is 13.1. The van der Waals surface area contributed by atoms with Crippen LogP contribution in [0.25, 0.3) is 0 Å². The molecule has 0 bridgehead atoms. The molecule has 5 nitrogen and oxygen atoms in total. The summed E-state index contributed by atoms with van der Waals surface area (Å²) >= 11 is 0. The highest BCUT2D eigenvalue weighted by molar-refractivity contribution is 7.89. The van der Waals surface area contributed by atoms with Crippen molar-refractivity contribution >= 4 is 10.0 Å². The first-order chi connectivity index (χ1) is 9.90. The summed E-state index contributed by atoms with van der Waals surface area (Å²) in [6, 6.07) is 4.01. The Morgan fingerprint density at radius 1 is 1.38 bits per heavy atom. The lowest BCUT2D eigenvalue weighted by Gasteiger charge is -2.32. The molecular weight excluding hydrogens is 295 g/mol. The van der Waals surface area contributed by atoms with E-state index in [0.717, 1.165) is 19.2 Å². The number of hydrogen-bond donors (Lipinski definition) is 1. The standard InChI is InChI=1S/C14H21FN2O3S/c1-11-3-4-13(9-14(11)15)21(18,19)16-10-12(2)17-5-7-20-8-6-17/h3-4,9,12,16H,5-8,10H2,1-2H3/t12-/m1/s1. The number of ether oxygens (including phenoxy) is 1. The second-order valence-electron chi connectivity index (χ2n) is 5.26. The number of morpholine rings is 1. The predicted molar refractivity (Wildman–Crippen MR) is 78.2 cm³/mol.